The molecule has 2 N–H and O–H groups in total. The number of primary sulfonamides is 1. The van der Waals surface area contributed by atoms with Crippen molar-refractivity contribution < 1.29 is 31.5 Å². The van der Waals surface area contributed by atoms with Gasteiger partial charge in [0.25, 0.3) is 0 Å². The van der Waals surface area contributed by atoms with Crippen LogP contribution in [0.4, 0.5) is 8.78 Å². The first-order valence-corrected chi connectivity index (χ1v) is 6.65. The fourth-order valence-corrected chi connectivity index (χ4v) is 2.04. The van der Waals surface area contributed by atoms with E-state index in [9.17, 15) is 22.0 Å². The van der Waals surface area contributed by atoms with Gasteiger partial charge < -0.3 is 9.47 Å². The van der Waals surface area contributed by atoms with Gasteiger partial charge >= 0.3 is 5.97 Å². The molecule has 1 aliphatic rings. The Labute approximate surface area is 107 Å². The average molecular weight is 293 g/mol. The van der Waals surface area contributed by atoms with E-state index in [2.05, 4.69) is 0 Å². The van der Waals surface area contributed by atoms with E-state index >= 15 is 0 Å². The Morgan fingerprint density at radius 1 is 1.37 bits per heavy atom. The van der Waals surface area contributed by atoms with E-state index in [0.29, 0.717) is 12.1 Å². The molecule has 19 heavy (non-hydrogen) atoms. The molecule has 1 aromatic rings. The Balaban J connectivity index is 2.41. The smallest absolute Gasteiger partial charge is 0.344 e. The maximum absolute atomic E-state index is 13.8. The van der Waals surface area contributed by atoms with E-state index in [1.54, 1.807) is 0 Å². The lowest BCUT2D eigenvalue weighted by Crippen LogP contribution is -2.38. The highest BCUT2D eigenvalue weighted by Crippen LogP contribution is 2.22. The zero-order valence-electron chi connectivity index (χ0n) is 9.43. The molecular formula is C10H9F2NO5S. The number of rotatable bonds is 3. The van der Waals surface area contributed by atoms with Crippen LogP contribution in [0, 0.1) is 11.6 Å². The number of benzene rings is 1. The van der Waals surface area contributed by atoms with Crippen molar-refractivity contribution in [2.75, 3.05) is 13.2 Å². The first-order valence-electron chi connectivity index (χ1n) is 5.10. The molecule has 9 heteroatoms. The van der Waals surface area contributed by atoms with Gasteiger partial charge in [-0.3, -0.25) is 0 Å². The number of sulfonamides is 1. The normalized spacial score (nSPS) is 15.9. The highest BCUT2D eigenvalue weighted by atomic mass is 32.2. The summed E-state index contributed by atoms with van der Waals surface area (Å²) in [6.45, 7) is 0.258. The maximum Gasteiger partial charge on any atom is 0.344 e. The Morgan fingerprint density at radius 3 is 2.47 bits per heavy atom. The molecule has 1 saturated heterocycles. The summed E-state index contributed by atoms with van der Waals surface area (Å²) in [5, 5.41) is 4.75. The van der Waals surface area contributed by atoms with Crippen molar-refractivity contribution in [2.45, 2.75) is 11.0 Å². The van der Waals surface area contributed by atoms with E-state index in [0.717, 1.165) is 0 Å². The highest BCUT2D eigenvalue weighted by molar-refractivity contribution is 7.89. The minimum atomic E-state index is -4.40. The van der Waals surface area contributed by atoms with Gasteiger partial charge in [-0.2, -0.15) is 0 Å². The van der Waals surface area contributed by atoms with Crippen molar-refractivity contribution in [1.29, 1.82) is 0 Å². The van der Waals surface area contributed by atoms with Crippen LogP contribution >= 0.6 is 0 Å². The minimum absolute atomic E-state index is 0.129. The molecule has 0 aromatic heterocycles. The predicted molar refractivity (Wildman–Crippen MR) is 57.8 cm³/mol. The molecule has 0 unspecified atom stereocenters. The molecule has 2 rings (SSSR count). The van der Waals surface area contributed by atoms with E-state index in [4.69, 9.17) is 14.6 Å². The van der Waals surface area contributed by atoms with Crippen LogP contribution in [0.15, 0.2) is 17.0 Å². The highest BCUT2D eigenvalue weighted by Gasteiger charge is 2.30. The SMILES string of the molecule is NS(=O)(=O)c1ccc(F)c(C(=O)OC2COC2)c1F. The second-order valence-electron chi connectivity index (χ2n) is 3.84. The molecule has 1 heterocycles. The second-order valence-corrected chi connectivity index (χ2v) is 5.37. The van der Waals surface area contributed by atoms with Crippen molar-refractivity contribution in [2.24, 2.45) is 5.14 Å². The van der Waals surface area contributed by atoms with Crippen LogP contribution in [0.1, 0.15) is 10.4 Å². The van der Waals surface area contributed by atoms with E-state index < -0.39 is 44.2 Å². The molecule has 0 spiro atoms. The fraction of sp³-hybridized carbons (Fsp3) is 0.300. The zero-order valence-corrected chi connectivity index (χ0v) is 10.2. The number of halogens is 2. The van der Waals surface area contributed by atoms with Crippen LogP contribution in [0.2, 0.25) is 0 Å². The average Bonchev–Trinajstić information content (AvgIpc) is 2.21. The van der Waals surface area contributed by atoms with Gasteiger partial charge in [-0.15, -0.1) is 0 Å². The maximum atomic E-state index is 13.8. The van der Waals surface area contributed by atoms with Gasteiger partial charge in [0.1, 0.15) is 22.4 Å². The van der Waals surface area contributed by atoms with E-state index in [1.807, 2.05) is 0 Å². The number of hydrogen-bond donors (Lipinski definition) is 1. The van der Waals surface area contributed by atoms with Gasteiger partial charge in [0.2, 0.25) is 10.0 Å². The summed E-state index contributed by atoms with van der Waals surface area (Å²) in [6, 6.07) is 1.28. The molecule has 0 radical (unpaired) electrons. The number of ether oxygens (including phenoxy) is 2. The van der Waals surface area contributed by atoms with Crippen LogP contribution in [-0.2, 0) is 19.5 Å². The van der Waals surface area contributed by atoms with Crippen molar-refractivity contribution in [3.8, 4) is 0 Å². The summed E-state index contributed by atoms with van der Waals surface area (Å²) in [4.78, 5) is 10.6. The van der Waals surface area contributed by atoms with Gasteiger partial charge in [-0.25, -0.2) is 27.1 Å². The molecule has 1 aliphatic heterocycles. The number of nitrogens with two attached hydrogens (primary N) is 1. The standard InChI is InChI=1S/C10H9F2NO5S/c11-6-1-2-7(19(13,15)16)9(12)8(6)10(14)18-5-3-17-4-5/h1-2,5H,3-4H2,(H2,13,15,16). The van der Waals surface area contributed by atoms with Gasteiger partial charge in [-0.05, 0) is 12.1 Å². The zero-order chi connectivity index (χ0) is 14.2. The monoisotopic (exact) mass is 293 g/mol. The first kappa shape index (κ1) is 13.8. The molecule has 0 aliphatic carbocycles. The quantitative estimate of drug-likeness (QED) is 0.801. The van der Waals surface area contributed by atoms with Crippen LogP contribution in [0.3, 0.4) is 0 Å². The minimum Gasteiger partial charge on any atom is -0.454 e. The predicted octanol–water partition coefficient (Wildman–Crippen LogP) is 0.168. The lowest BCUT2D eigenvalue weighted by atomic mass is 10.2. The van der Waals surface area contributed by atoms with Crippen molar-refractivity contribution in [3.63, 3.8) is 0 Å². The van der Waals surface area contributed by atoms with Crippen molar-refractivity contribution in [3.05, 3.63) is 29.3 Å². The molecule has 0 amide bonds. The van der Waals surface area contributed by atoms with Gasteiger partial charge in [-0.1, -0.05) is 0 Å². The Hall–Kier alpha value is -1.58. The summed E-state index contributed by atoms with van der Waals surface area (Å²) in [5.41, 5.74) is -1.08. The summed E-state index contributed by atoms with van der Waals surface area (Å²) < 4.78 is 58.9. The third-order valence-corrected chi connectivity index (χ3v) is 3.38. The Kier molecular flexibility index (Phi) is 3.52. The fourth-order valence-electron chi connectivity index (χ4n) is 1.43. The molecule has 0 atom stereocenters. The van der Waals surface area contributed by atoms with E-state index in [-0.39, 0.29) is 13.2 Å². The third kappa shape index (κ3) is 2.72. The molecule has 1 fully saturated rings. The van der Waals surface area contributed by atoms with Crippen LogP contribution in [0.25, 0.3) is 0 Å². The Morgan fingerprint density at radius 2 is 2.00 bits per heavy atom. The Bertz CT molecular complexity index is 627. The van der Waals surface area contributed by atoms with Gasteiger partial charge in [0.15, 0.2) is 5.82 Å². The van der Waals surface area contributed by atoms with Gasteiger partial charge in [0.05, 0.1) is 13.2 Å². The second kappa shape index (κ2) is 4.83. The third-order valence-electron chi connectivity index (χ3n) is 2.45. The molecular weight excluding hydrogens is 284 g/mol. The summed E-state index contributed by atoms with van der Waals surface area (Å²) in [7, 11) is -4.40. The first-order chi connectivity index (χ1) is 8.80. The summed E-state index contributed by atoms with van der Waals surface area (Å²) in [5.74, 6) is -4.09. The molecule has 1 aromatic carbocycles. The topological polar surface area (TPSA) is 95.7 Å². The number of carbonyl (C=O) groups is 1. The number of esters is 1. The van der Waals surface area contributed by atoms with Crippen molar-refractivity contribution in [1.82, 2.24) is 0 Å². The van der Waals surface area contributed by atoms with E-state index in [1.165, 1.54) is 0 Å². The summed E-state index contributed by atoms with van der Waals surface area (Å²) in [6.07, 6.45) is -0.593. The lowest BCUT2D eigenvalue weighted by molar-refractivity contribution is -0.103. The molecule has 0 saturated carbocycles. The van der Waals surface area contributed by atoms with Crippen LogP contribution in [-0.4, -0.2) is 33.7 Å². The largest absolute Gasteiger partial charge is 0.454 e. The van der Waals surface area contributed by atoms with Crippen LogP contribution in [0.5, 0.6) is 0 Å². The van der Waals surface area contributed by atoms with Crippen LogP contribution < -0.4 is 5.14 Å². The number of hydrogen-bond acceptors (Lipinski definition) is 5. The molecule has 6 nitrogen and oxygen atoms in total. The van der Waals surface area contributed by atoms with Crippen molar-refractivity contribution >= 4 is 16.0 Å². The molecule has 0 bridgehead atoms. The number of carbonyl (C=O) groups excluding carboxylic acids is 1. The summed E-state index contributed by atoms with van der Waals surface area (Å²) >= 11 is 0. The lowest BCUT2D eigenvalue weighted by Gasteiger charge is -2.25. The van der Waals surface area contributed by atoms with Gasteiger partial charge in [0, 0.05) is 0 Å². The molecule has 104 valence electrons.